The largest absolute Gasteiger partial charge is 0.360 e. The zero-order chi connectivity index (χ0) is 20.1. The monoisotopic (exact) mass is 392 g/mol. The van der Waals surface area contributed by atoms with Crippen molar-refractivity contribution in [2.24, 2.45) is 0 Å². The fourth-order valence-electron chi connectivity index (χ4n) is 2.70. The van der Waals surface area contributed by atoms with Gasteiger partial charge in [-0.2, -0.15) is 12.6 Å². The summed E-state index contributed by atoms with van der Waals surface area (Å²) >= 11 is 4.28. The fraction of sp³-hybridized carbons (Fsp3) is 0.217. The highest BCUT2D eigenvalue weighted by atomic mass is 32.1. The van der Waals surface area contributed by atoms with Gasteiger partial charge in [0, 0.05) is 17.7 Å². The van der Waals surface area contributed by atoms with E-state index < -0.39 is 4.75 Å². The standard InChI is InChI=1S/C23H24N2O2S/c1-16-20(21(25-27-16)19-7-5-4-6-8-19)14-13-17-9-11-18(12-10-17)15-24-22(26)23(2,3)28/h4-14,28H,15H2,1-3H3,(H,24,26)/b14-13+. The number of benzene rings is 2. The summed E-state index contributed by atoms with van der Waals surface area (Å²) in [6, 6.07) is 18.0. The molecule has 3 aromatic rings. The molecule has 144 valence electrons. The number of hydrogen-bond donors (Lipinski definition) is 2. The molecule has 1 aromatic heterocycles. The lowest BCUT2D eigenvalue weighted by Crippen LogP contribution is -2.37. The van der Waals surface area contributed by atoms with E-state index in [1.165, 1.54) is 0 Å². The average Bonchev–Trinajstić information content (AvgIpc) is 3.05. The van der Waals surface area contributed by atoms with Crippen molar-refractivity contribution >= 4 is 30.7 Å². The molecule has 0 aliphatic heterocycles. The maximum atomic E-state index is 11.9. The van der Waals surface area contributed by atoms with Crippen molar-refractivity contribution in [2.45, 2.75) is 32.1 Å². The van der Waals surface area contributed by atoms with Gasteiger partial charge < -0.3 is 9.84 Å². The van der Waals surface area contributed by atoms with Gasteiger partial charge in [0.25, 0.3) is 0 Å². The number of nitrogens with one attached hydrogen (secondary N) is 1. The number of amides is 1. The summed E-state index contributed by atoms with van der Waals surface area (Å²) in [4.78, 5) is 11.9. The highest BCUT2D eigenvalue weighted by molar-refractivity contribution is 7.82. The molecule has 28 heavy (non-hydrogen) atoms. The highest BCUT2D eigenvalue weighted by Gasteiger charge is 2.21. The first-order valence-electron chi connectivity index (χ1n) is 9.14. The van der Waals surface area contributed by atoms with Crippen molar-refractivity contribution in [3.63, 3.8) is 0 Å². The molecule has 5 heteroatoms. The summed E-state index contributed by atoms with van der Waals surface area (Å²) in [6.45, 7) is 5.94. The Labute approximate surface area is 171 Å². The number of aromatic nitrogens is 1. The number of thiol groups is 1. The molecule has 2 aromatic carbocycles. The first-order valence-corrected chi connectivity index (χ1v) is 9.59. The number of nitrogens with zero attached hydrogens (tertiary/aromatic N) is 1. The molecule has 0 fully saturated rings. The Morgan fingerprint density at radius 3 is 2.43 bits per heavy atom. The lowest BCUT2D eigenvalue weighted by atomic mass is 10.0. The van der Waals surface area contributed by atoms with Crippen molar-refractivity contribution in [1.82, 2.24) is 10.5 Å². The Kier molecular flexibility index (Phi) is 6.05. The lowest BCUT2D eigenvalue weighted by Gasteiger charge is -2.16. The smallest absolute Gasteiger partial charge is 0.235 e. The van der Waals surface area contributed by atoms with E-state index in [1.54, 1.807) is 13.8 Å². The Balaban J connectivity index is 1.71. The van der Waals surface area contributed by atoms with Crippen LogP contribution in [-0.2, 0) is 11.3 Å². The summed E-state index contributed by atoms with van der Waals surface area (Å²) < 4.78 is 4.71. The van der Waals surface area contributed by atoms with Gasteiger partial charge in [-0.1, -0.05) is 65.8 Å². The summed E-state index contributed by atoms with van der Waals surface area (Å²) in [6.07, 6.45) is 4.06. The van der Waals surface area contributed by atoms with Gasteiger partial charge >= 0.3 is 0 Å². The first kappa shape index (κ1) is 20.0. The number of rotatable bonds is 6. The van der Waals surface area contributed by atoms with E-state index in [1.807, 2.05) is 73.7 Å². The van der Waals surface area contributed by atoms with E-state index in [0.29, 0.717) is 6.54 Å². The Morgan fingerprint density at radius 2 is 1.79 bits per heavy atom. The predicted octanol–water partition coefficient (Wildman–Crippen LogP) is 5.15. The van der Waals surface area contributed by atoms with Gasteiger partial charge in [-0.15, -0.1) is 0 Å². The quantitative estimate of drug-likeness (QED) is 0.571. The number of carbonyl (C=O) groups is 1. The molecule has 0 radical (unpaired) electrons. The first-order chi connectivity index (χ1) is 13.3. The van der Waals surface area contributed by atoms with Gasteiger partial charge in [-0.3, -0.25) is 4.79 Å². The minimum absolute atomic E-state index is 0.0869. The summed E-state index contributed by atoms with van der Waals surface area (Å²) in [5.41, 5.74) is 4.93. The summed E-state index contributed by atoms with van der Waals surface area (Å²) in [5.74, 6) is 0.694. The topological polar surface area (TPSA) is 55.1 Å². The van der Waals surface area contributed by atoms with Crippen LogP contribution < -0.4 is 5.32 Å². The van der Waals surface area contributed by atoms with Crippen LogP contribution in [0.15, 0.2) is 59.1 Å². The third kappa shape index (κ3) is 4.93. The van der Waals surface area contributed by atoms with Crippen LogP contribution in [-0.4, -0.2) is 15.8 Å². The molecule has 0 bridgehead atoms. The zero-order valence-electron chi connectivity index (χ0n) is 16.3. The highest BCUT2D eigenvalue weighted by Crippen LogP contribution is 2.26. The lowest BCUT2D eigenvalue weighted by molar-refractivity contribution is -0.122. The Bertz CT molecular complexity index is 968. The summed E-state index contributed by atoms with van der Waals surface area (Å²) in [7, 11) is 0. The van der Waals surface area contributed by atoms with Crippen molar-refractivity contribution in [3.8, 4) is 11.3 Å². The van der Waals surface area contributed by atoms with Crippen molar-refractivity contribution < 1.29 is 9.32 Å². The molecule has 0 aliphatic rings. The van der Waals surface area contributed by atoms with Gasteiger partial charge in [0.05, 0.1) is 4.75 Å². The Morgan fingerprint density at radius 1 is 1.11 bits per heavy atom. The van der Waals surface area contributed by atoms with Crippen LogP contribution in [0.4, 0.5) is 0 Å². The van der Waals surface area contributed by atoms with Crippen LogP contribution in [0.25, 0.3) is 23.4 Å². The number of aryl methyl sites for hydroxylation is 1. The van der Waals surface area contributed by atoms with Crippen LogP contribution in [0, 0.1) is 6.92 Å². The third-order valence-corrected chi connectivity index (χ3v) is 4.59. The number of carbonyl (C=O) groups excluding carboxylic acids is 1. The van der Waals surface area contributed by atoms with Crippen LogP contribution in [0.1, 0.15) is 36.3 Å². The van der Waals surface area contributed by atoms with Crippen LogP contribution >= 0.6 is 12.6 Å². The van der Waals surface area contributed by atoms with Gasteiger partial charge in [0.15, 0.2) is 0 Å². The molecule has 1 N–H and O–H groups in total. The van der Waals surface area contributed by atoms with Gasteiger partial charge in [-0.05, 0) is 38.0 Å². The van der Waals surface area contributed by atoms with Crippen LogP contribution in [0.3, 0.4) is 0 Å². The predicted molar refractivity (Wildman–Crippen MR) is 117 cm³/mol. The number of hydrogen-bond acceptors (Lipinski definition) is 4. The van der Waals surface area contributed by atoms with Crippen molar-refractivity contribution in [3.05, 3.63) is 77.0 Å². The van der Waals surface area contributed by atoms with Crippen LogP contribution in [0.2, 0.25) is 0 Å². The van der Waals surface area contributed by atoms with E-state index in [-0.39, 0.29) is 5.91 Å². The van der Waals surface area contributed by atoms with E-state index in [9.17, 15) is 4.79 Å². The molecule has 0 spiro atoms. The normalized spacial score (nSPS) is 11.7. The molecule has 0 saturated heterocycles. The molecular formula is C23H24N2O2S. The summed E-state index contributed by atoms with van der Waals surface area (Å²) in [5, 5.41) is 7.09. The Hall–Kier alpha value is -2.79. The molecule has 0 aliphatic carbocycles. The molecule has 0 unspecified atom stereocenters. The van der Waals surface area contributed by atoms with Gasteiger partial charge in [0.1, 0.15) is 11.5 Å². The zero-order valence-corrected chi connectivity index (χ0v) is 17.2. The molecular weight excluding hydrogens is 368 g/mol. The minimum atomic E-state index is -0.685. The molecule has 3 rings (SSSR count). The van der Waals surface area contributed by atoms with E-state index >= 15 is 0 Å². The van der Waals surface area contributed by atoms with E-state index in [2.05, 4.69) is 23.1 Å². The molecule has 0 saturated carbocycles. The minimum Gasteiger partial charge on any atom is -0.360 e. The molecule has 1 heterocycles. The fourth-order valence-corrected chi connectivity index (χ4v) is 2.78. The average molecular weight is 393 g/mol. The maximum Gasteiger partial charge on any atom is 0.235 e. The van der Waals surface area contributed by atoms with Gasteiger partial charge in [-0.25, -0.2) is 0 Å². The van der Waals surface area contributed by atoms with E-state index in [4.69, 9.17) is 4.52 Å². The maximum absolute atomic E-state index is 11.9. The van der Waals surface area contributed by atoms with Crippen LogP contribution in [0.5, 0.6) is 0 Å². The molecule has 4 nitrogen and oxygen atoms in total. The van der Waals surface area contributed by atoms with Crippen molar-refractivity contribution in [2.75, 3.05) is 0 Å². The second-order valence-electron chi connectivity index (χ2n) is 7.18. The molecule has 1 amide bonds. The molecule has 0 atom stereocenters. The second-order valence-corrected chi connectivity index (χ2v) is 8.30. The van der Waals surface area contributed by atoms with Gasteiger partial charge in [0.2, 0.25) is 5.91 Å². The van der Waals surface area contributed by atoms with E-state index in [0.717, 1.165) is 33.7 Å². The second kappa shape index (κ2) is 8.48. The van der Waals surface area contributed by atoms with Crippen molar-refractivity contribution in [1.29, 1.82) is 0 Å². The third-order valence-electron chi connectivity index (χ3n) is 4.39. The SMILES string of the molecule is Cc1onc(-c2ccccc2)c1/C=C/c1ccc(CNC(=O)C(C)(C)S)cc1.